The SMILES string of the molecule is O=C(CN1C(=O)N[C@]2(CCOc3ccccc32)C1=O)Nc1cccc(-c2nc3ccccc3s2)c1. The Morgan fingerprint density at radius 2 is 1.91 bits per heavy atom. The fourth-order valence-corrected chi connectivity index (χ4v) is 5.55. The molecule has 4 amide bonds. The van der Waals surface area contributed by atoms with Gasteiger partial charge in [0.2, 0.25) is 5.91 Å². The van der Waals surface area contributed by atoms with Crippen LogP contribution < -0.4 is 15.4 Å². The predicted molar refractivity (Wildman–Crippen MR) is 132 cm³/mol. The van der Waals surface area contributed by atoms with Crippen molar-refractivity contribution in [2.75, 3.05) is 18.5 Å². The van der Waals surface area contributed by atoms with E-state index < -0.39 is 23.4 Å². The topological polar surface area (TPSA) is 101 Å². The third-order valence-corrected chi connectivity index (χ3v) is 7.33. The molecule has 1 atom stereocenters. The first kappa shape index (κ1) is 21.3. The number of imide groups is 1. The Bertz CT molecular complexity index is 1470. The number of hydrogen-bond donors (Lipinski definition) is 2. The second-order valence-electron chi connectivity index (χ2n) is 8.44. The lowest BCUT2D eigenvalue weighted by Crippen LogP contribution is -2.48. The van der Waals surface area contributed by atoms with Gasteiger partial charge in [-0.05, 0) is 30.3 Å². The van der Waals surface area contributed by atoms with Crippen molar-refractivity contribution in [1.29, 1.82) is 0 Å². The molecule has 0 aliphatic carbocycles. The third-order valence-electron chi connectivity index (χ3n) is 6.25. The Morgan fingerprint density at radius 3 is 2.80 bits per heavy atom. The highest BCUT2D eigenvalue weighted by molar-refractivity contribution is 7.21. The van der Waals surface area contributed by atoms with Gasteiger partial charge in [-0.2, -0.15) is 0 Å². The van der Waals surface area contributed by atoms with E-state index in [9.17, 15) is 14.4 Å². The first-order chi connectivity index (χ1) is 17.0. The van der Waals surface area contributed by atoms with Crippen LogP contribution >= 0.6 is 11.3 Å². The number of carbonyl (C=O) groups is 3. The average molecular weight is 485 g/mol. The van der Waals surface area contributed by atoms with Crippen LogP contribution in [0.3, 0.4) is 0 Å². The molecule has 3 heterocycles. The van der Waals surface area contributed by atoms with Gasteiger partial charge in [0.05, 0.1) is 16.8 Å². The summed E-state index contributed by atoms with van der Waals surface area (Å²) < 4.78 is 6.73. The van der Waals surface area contributed by atoms with Crippen LogP contribution in [0, 0.1) is 0 Å². The second-order valence-corrected chi connectivity index (χ2v) is 9.47. The summed E-state index contributed by atoms with van der Waals surface area (Å²) in [5.41, 5.74) is 1.75. The van der Waals surface area contributed by atoms with Crippen molar-refractivity contribution in [2.24, 2.45) is 0 Å². The fraction of sp³-hybridized carbons (Fsp3) is 0.154. The molecule has 2 aliphatic heterocycles. The van der Waals surface area contributed by atoms with Crippen LogP contribution in [-0.2, 0) is 15.1 Å². The van der Waals surface area contributed by atoms with Gasteiger partial charge in [-0.25, -0.2) is 9.78 Å². The van der Waals surface area contributed by atoms with E-state index in [1.807, 2.05) is 48.5 Å². The van der Waals surface area contributed by atoms with Crippen molar-refractivity contribution < 1.29 is 19.1 Å². The second kappa shape index (κ2) is 8.21. The molecule has 8 nitrogen and oxygen atoms in total. The van der Waals surface area contributed by atoms with E-state index in [4.69, 9.17) is 4.74 Å². The number of hydrogen-bond acceptors (Lipinski definition) is 6. The van der Waals surface area contributed by atoms with Gasteiger partial charge in [0.1, 0.15) is 17.3 Å². The number of ether oxygens (including phenoxy) is 1. The van der Waals surface area contributed by atoms with E-state index in [1.165, 1.54) is 0 Å². The summed E-state index contributed by atoms with van der Waals surface area (Å²) in [5.74, 6) is -0.352. The van der Waals surface area contributed by atoms with Gasteiger partial charge >= 0.3 is 6.03 Å². The molecule has 0 unspecified atom stereocenters. The summed E-state index contributed by atoms with van der Waals surface area (Å²) in [4.78, 5) is 44.6. The van der Waals surface area contributed by atoms with Crippen molar-refractivity contribution in [2.45, 2.75) is 12.0 Å². The lowest BCUT2D eigenvalue weighted by Gasteiger charge is -2.33. The van der Waals surface area contributed by atoms with Gasteiger partial charge in [0.15, 0.2) is 5.54 Å². The molecule has 2 aliphatic rings. The molecule has 1 aromatic heterocycles. The Labute approximate surface area is 204 Å². The van der Waals surface area contributed by atoms with E-state index in [0.29, 0.717) is 30.0 Å². The standard InChI is InChI=1S/C26H20N4O4S/c31-22(27-17-7-5-6-16(14-17)23-28-19-9-2-4-11-21(19)35-23)15-30-24(32)26(29-25(30)33)12-13-34-20-10-3-1-8-18(20)26/h1-11,14H,12-13,15H2,(H,27,31)(H,29,33)/t26-/m0/s1. The highest BCUT2D eigenvalue weighted by Gasteiger charge is 2.55. The minimum Gasteiger partial charge on any atom is -0.493 e. The third kappa shape index (κ3) is 3.60. The van der Waals surface area contributed by atoms with Crippen LogP contribution in [0.4, 0.5) is 10.5 Å². The molecular weight excluding hydrogens is 464 g/mol. The minimum atomic E-state index is -1.21. The molecule has 174 valence electrons. The van der Waals surface area contributed by atoms with E-state index in [2.05, 4.69) is 15.6 Å². The zero-order chi connectivity index (χ0) is 24.0. The molecule has 1 spiro atoms. The van der Waals surface area contributed by atoms with Crippen molar-refractivity contribution in [1.82, 2.24) is 15.2 Å². The number of benzene rings is 3. The zero-order valence-electron chi connectivity index (χ0n) is 18.5. The normalized spacial score (nSPS) is 18.9. The number of amides is 4. The van der Waals surface area contributed by atoms with Gasteiger partial charge in [0.25, 0.3) is 5.91 Å². The molecule has 3 aromatic carbocycles. The maximum Gasteiger partial charge on any atom is 0.325 e. The first-order valence-electron chi connectivity index (χ1n) is 11.2. The number of aromatic nitrogens is 1. The Balaban J connectivity index is 1.20. The minimum absolute atomic E-state index is 0.293. The molecule has 2 N–H and O–H groups in total. The van der Waals surface area contributed by atoms with Crippen LogP contribution in [0.1, 0.15) is 12.0 Å². The molecule has 35 heavy (non-hydrogen) atoms. The molecule has 0 saturated carbocycles. The maximum absolute atomic E-state index is 13.4. The van der Waals surface area contributed by atoms with E-state index in [-0.39, 0.29) is 6.54 Å². The van der Waals surface area contributed by atoms with Crippen molar-refractivity contribution >= 4 is 45.1 Å². The number of anilines is 1. The van der Waals surface area contributed by atoms with Gasteiger partial charge in [-0.3, -0.25) is 14.5 Å². The summed E-state index contributed by atoms with van der Waals surface area (Å²) >= 11 is 1.57. The quantitative estimate of drug-likeness (QED) is 0.424. The van der Waals surface area contributed by atoms with Gasteiger partial charge < -0.3 is 15.4 Å². The number of nitrogens with zero attached hydrogens (tertiary/aromatic N) is 2. The van der Waals surface area contributed by atoms with Crippen LogP contribution in [0.15, 0.2) is 72.8 Å². The van der Waals surface area contributed by atoms with Crippen LogP contribution in [0.2, 0.25) is 0 Å². The molecule has 6 rings (SSSR count). The summed E-state index contributed by atoms with van der Waals surface area (Å²) in [5, 5.41) is 6.46. The number of thiazole rings is 1. The summed E-state index contributed by atoms with van der Waals surface area (Å²) in [6.07, 6.45) is 0.302. The van der Waals surface area contributed by atoms with E-state index in [1.54, 1.807) is 35.6 Å². The molecule has 9 heteroatoms. The summed E-state index contributed by atoms with van der Waals surface area (Å²) in [6.45, 7) is -0.0948. The van der Waals surface area contributed by atoms with Crippen molar-refractivity contribution in [3.05, 3.63) is 78.4 Å². The van der Waals surface area contributed by atoms with E-state index in [0.717, 1.165) is 25.7 Å². The average Bonchev–Trinajstić information content (AvgIpc) is 3.40. The van der Waals surface area contributed by atoms with Crippen LogP contribution in [0.25, 0.3) is 20.8 Å². The molecule has 1 fully saturated rings. The smallest absolute Gasteiger partial charge is 0.325 e. The maximum atomic E-state index is 13.4. The van der Waals surface area contributed by atoms with Crippen molar-refractivity contribution in [3.63, 3.8) is 0 Å². The Hall–Kier alpha value is -4.24. The highest BCUT2D eigenvalue weighted by Crippen LogP contribution is 2.41. The predicted octanol–water partition coefficient (Wildman–Crippen LogP) is 4.13. The zero-order valence-corrected chi connectivity index (χ0v) is 19.3. The monoisotopic (exact) mass is 484 g/mol. The van der Waals surface area contributed by atoms with Gasteiger partial charge in [-0.15, -0.1) is 11.3 Å². The lowest BCUT2D eigenvalue weighted by atomic mass is 9.84. The largest absolute Gasteiger partial charge is 0.493 e. The van der Waals surface area contributed by atoms with Crippen LogP contribution in [0.5, 0.6) is 5.75 Å². The fourth-order valence-electron chi connectivity index (χ4n) is 4.59. The molecular formula is C26H20N4O4S. The Morgan fingerprint density at radius 1 is 1.09 bits per heavy atom. The van der Waals surface area contributed by atoms with Gasteiger partial charge in [-0.1, -0.05) is 42.5 Å². The summed E-state index contributed by atoms with van der Waals surface area (Å²) in [7, 11) is 0. The van der Waals surface area contributed by atoms with Crippen LogP contribution in [-0.4, -0.2) is 40.9 Å². The number of fused-ring (bicyclic) bond motifs is 3. The first-order valence-corrected chi connectivity index (χ1v) is 12.0. The number of nitrogens with one attached hydrogen (secondary N) is 2. The molecule has 0 bridgehead atoms. The lowest BCUT2D eigenvalue weighted by molar-refractivity contribution is -0.135. The van der Waals surface area contributed by atoms with Crippen molar-refractivity contribution in [3.8, 4) is 16.3 Å². The summed E-state index contributed by atoms with van der Waals surface area (Å²) in [6, 6.07) is 21.8. The molecule has 4 aromatic rings. The van der Waals surface area contributed by atoms with E-state index >= 15 is 0 Å². The number of carbonyl (C=O) groups excluding carboxylic acids is 3. The highest BCUT2D eigenvalue weighted by atomic mass is 32.1. The molecule has 0 radical (unpaired) electrons. The number of urea groups is 1. The number of para-hydroxylation sites is 2. The van der Waals surface area contributed by atoms with Gasteiger partial charge in [0, 0.05) is 23.2 Å². The number of rotatable bonds is 4. The Kier molecular flexibility index (Phi) is 5.00. The molecule has 1 saturated heterocycles.